The minimum Gasteiger partial charge on any atom is -0.465 e. The summed E-state index contributed by atoms with van der Waals surface area (Å²) in [6, 6.07) is 8.88. The maximum Gasteiger partial charge on any atom is 0.338 e. The van der Waals surface area contributed by atoms with E-state index in [-0.39, 0.29) is 30.3 Å². The Balaban J connectivity index is 1.89. The molecule has 0 radical (unpaired) electrons. The number of methoxy groups -OCH3 is 1. The maximum absolute atomic E-state index is 13.4. The molecule has 1 aliphatic heterocycles. The molecule has 1 N–H and O–H groups in total. The van der Waals surface area contributed by atoms with Crippen molar-refractivity contribution in [3.05, 3.63) is 68.8 Å². The van der Waals surface area contributed by atoms with Gasteiger partial charge < -0.3 is 19.7 Å². The summed E-state index contributed by atoms with van der Waals surface area (Å²) in [5, 5.41) is 14.2. The van der Waals surface area contributed by atoms with Gasteiger partial charge in [-0.2, -0.15) is 0 Å². The molecule has 2 amide bonds. The van der Waals surface area contributed by atoms with Crippen LogP contribution in [0.1, 0.15) is 44.7 Å². The molecule has 34 heavy (non-hydrogen) atoms. The number of hydrogen-bond donors (Lipinski definition) is 1. The molecule has 10 nitrogen and oxygen atoms in total. The van der Waals surface area contributed by atoms with Gasteiger partial charge in [-0.05, 0) is 49.9 Å². The number of non-ortho nitro benzene ring substituents is 1. The largest absolute Gasteiger partial charge is 0.465 e. The quantitative estimate of drug-likeness (QED) is 0.357. The predicted octanol–water partition coefficient (Wildman–Crippen LogP) is 3.26. The molecule has 0 aliphatic carbocycles. The van der Waals surface area contributed by atoms with Crippen molar-refractivity contribution in [2.75, 3.05) is 32.1 Å². The van der Waals surface area contributed by atoms with Crippen LogP contribution in [0.3, 0.4) is 0 Å². The fourth-order valence-electron chi connectivity index (χ4n) is 3.76. The zero-order chi connectivity index (χ0) is 24.8. The molecule has 0 aromatic heterocycles. The molecule has 0 spiro atoms. The van der Waals surface area contributed by atoms with E-state index >= 15 is 0 Å². The van der Waals surface area contributed by atoms with Gasteiger partial charge in [0.1, 0.15) is 6.54 Å². The predicted molar refractivity (Wildman–Crippen MR) is 124 cm³/mol. The second kappa shape index (κ2) is 10.9. The molecule has 180 valence electrons. The molecule has 1 heterocycles. The van der Waals surface area contributed by atoms with E-state index in [1.807, 2.05) is 26.0 Å². The molecular weight excluding hydrogens is 442 g/mol. The summed E-state index contributed by atoms with van der Waals surface area (Å²) in [6.07, 6.45) is 1.31. The van der Waals surface area contributed by atoms with Crippen molar-refractivity contribution in [3.63, 3.8) is 0 Å². The maximum atomic E-state index is 13.4. The first-order valence-electron chi connectivity index (χ1n) is 10.8. The number of aryl methyl sites for hydroxylation is 1. The molecule has 2 aromatic rings. The zero-order valence-corrected chi connectivity index (χ0v) is 19.3. The smallest absolute Gasteiger partial charge is 0.338 e. The van der Waals surface area contributed by atoms with Gasteiger partial charge in [-0.3, -0.25) is 19.7 Å². The minimum absolute atomic E-state index is 0.0906. The van der Waals surface area contributed by atoms with Gasteiger partial charge in [0.2, 0.25) is 5.91 Å². The number of carbonyl (C=O) groups is 3. The monoisotopic (exact) mass is 469 g/mol. The van der Waals surface area contributed by atoms with E-state index in [2.05, 4.69) is 10.1 Å². The van der Waals surface area contributed by atoms with Gasteiger partial charge in [-0.1, -0.05) is 12.1 Å². The Labute approximate surface area is 197 Å². The molecule has 0 saturated carbocycles. The van der Waals surface area contributed by atoms with Crippen LogP contribution in [-0.4, -0.2) is 60.5 Å². The number of hydrogen-bond acceptors (Lipinski definition) is 7. The standard InChI is InChI=1S/C24H27N3O7/c1-15-6-4-8-21(16(15)2)25-22(28)14-26(13-20-7-5-9-34-20)23(29)17-10-18(24(30)33-3)12-19(11-17)27(31)32/h4,6,8,10-12,20H,5,7,9,13-14H2,1-3H3,(H,25,28)/t20-/m1/s1. The summed E-state index contributed by atoms with van der Waals surface area (Å²) in [5.41, 5.74) is 1.91. The van der Waals surface area contributed by atoms with Crippen LogP contribution in [-0.2, 0) is 14.3 Å². The van der Waals surface area contributed by atoms with Crippen LogP contribution in [0.25, 0.3) is 0 Å². The fourth-order valence-corrected chi connectivity index (χ4v) is 3.76. The van der Waals surface area contributed by atoms with E-state index in [4.69, 9.17) is 4.74 Å². The average molecular weight is 469 g/mol. The van der Waals surface area contributed by atoms with Crippen molar-refractivity contribution >= 4 is 29.2 Å². The van der Waals surface area contributed by atoms with Crippen LogP contribution in [0, 0.1) is 24.0 Å². The molecule has 1 aliphatic rings. The lowest BCUT2D eigenvalue weighted by molar-refractivity contribution is -0.384. The van der Waals surface area contributed by atoms with Gasteiger partial charge in [-0.25, -0.2) is 4.79 Å². The van der Waals surface area contributed by atoms with E-state index in [1.54, 1.807) is 6.07 Å². The molecule has 1 fully saturated rings. The topological polar surface area (TPSA) is 128 Å². The van der Waals surface area contributed by atoms with Crippen molar-refractivity contribution in [1.82, 2.24) is 4.90 Å². The van der Waals surface area contributed by atoms with Gasteiger partial charge in [-0.15, -0.1) is 0 Å². The third-order valence-electron chi connectivity index (χ3n) is 5.75. The Bertz CT molecular complexity index is 1110. The third kappa shape index (κ3) is 5.96. The first-order valence-corrected chi connectivity index (χ1v) is 10.8. The number of esters is 1. The molecule has 1 atom stereocenters. The van der Waals surface area contributed by atoms with Crippen LogP contribution in [0.5, 0.6) is 0 Å². The van der Waals surface area contributed by atoms with Gasteiger partial charge in [0.25, 0.3) is 11.6 Å². The minimum atomic E-state index is -0.809. The molecule has 1 saturated heterocycles. The normalized spacial score (nSPS) is 15.0. The molecule has 0 bridgehead atoms. The van der Waals surface area contributed by atoms with E-state index < -0.39 is 28.4 Å². The van der Waals surface area contributed by atoms with Crippen LogP contribution < -0.4 is 5.32 Å². The van der Waals surface area contributed by atoms with Crippen LogP contribution in [0.2, 0.25) is 0 Å². The first kappa shape index (κ1) is 24.8. The zero-order valence-electron chi connectivity index (χ0n) is 19.3. The lowest BCUT2D eigenvalue weighted by Gasteiger charge is -2.25. The number of nitro benzene ring substituents is 1. The molecular formula is C24H27N3O7. The number of anilines is 1. The number of nitro groups is 1. The summed E-state index contributed by atoms with van der Waals surface area (Å²) in [5.74, 6) is -1.85. The number of carbonyl (C=O) groups excluding carboxylic acids is 3. The Morgan fingerprint density at radius 3 is 2.59 bits per heavy atom. The van der Waals surface area contributed by atoms with Crippen LogP contribution in [0.15, 0.2) is 36.4 Å². The number of ether oxygens (including phenoxy) is 2. The van der Waals surface area contributed by atoms with E-state index in [0.717, 1.165) is 43.2 Å². The van der Waals surface area contributed by atoms with Crippen molar-refractivity contribution in [1.29, 1.82) is 0 Å². The number of rotatable bonds is 8. The molecule has 10 heteroatoms. The van der Waals surface area contributed by atoms with Gasteiger partial charge in [0, 0.05) is 36.5 Å². The number of benzene rings is 2. The second-order valence-corrected chi connectivity index (χ2v) is 8.13. The van der Waals surface area contributed by atoms with Crippen molar-refractivity contribution in [2.24, 2.45) is 0 Å². The number of nitrogens with one attached hydrogen (secondary N) is 1. The van der Waals surface area contributed by atoms with Gasteiger partial charge in [0.05, 0.1) is 23.7 Å². The van der Waals surface area contributed by atoms with Gasteiger partial charge in [0.15, 0.2) is 0 Å². The van der Waals surface area contributed by atoms with Crippen LogP contribution in [0.4, 0.5) is 11.4 Å². The molecule has 3 rings (SSSR count). The highest BCUT2D eigenvalue weighted by Crippen LogP contribution is 2.22. The van der Waals surface area contributed by atoms with Crippen molar-refractivity contribution < 1.29 is 28.8 Å². The summed E-state index contributed by atoms with van der Waals surface area (Å²) < 4.78 is 10.3. The lowest BCUT2D eigenvalue weighted by Crippen LogP contribution is -2.42. The summed E-state index contributed by atoms with van der Waals surface area (Å²) in [6.45, 7) is 4.22. The van der Waals surface area contributed by atoms with Crippen molar-refractivity contribution in [3.8, 4) is 0 Å². The number of amides is 2. The van der Waals surface area contributed by atoms with E-state index in [0.29, 0.717) is 12.3 Å². The lowest BCUT2D eigenvalue weighted by atomic mass is 10.1. The van der Waals surface area contributed by atoms with E-state index in [1.165, 1.54) is 11.0 Å². The molecule has 0 unspecified atom stereocenters. The van der Waals surface area contributed by atoms with Crippen molar-refractivity contribution in [2.45, 2.75) is 32.8 Å². The summed E-state index contributed by atoms with van der Waals surface area (Å²) in [7, 11) is 1.14. The fraction of sp³-hybridized carbons (Fsp3) is 0.375. The first-order chi connectivity index (χ1) is 16.2. The van der Waals surface area contributed by atoms with Gasteiger partial charge >= 0.3 is 5.97 Å². The Morgan fingerprint density at radius 1 is 1.21 bits per heavy atom. The highest BCUT2D eigenvalue weighted by Gasteiger charge is 2.27. The summed E-state index contributed by atoms with van der Waals surface area (Å²) in [4.78, 5) is 50.2. The second-order valence-electron chi connectivity index (χ2n) is 8.13. The number of nitrogens with zero attached hydrogens (tertiary/aromatic N) is 2. The highest BCUT2D eigenvalue weighted by atomic mass is 16.6. The summed E-state index contributed by atoms with van der Waals surface area (Å²) >= 11 is 0. The Morgan fingerprint density at radius 2 is 1.94 bits per heavy atom. The van der Waals surface area contributed by atoms with Crippen LogP contribution >= 0.6 is 0 Å². The Hall–Kier alpha value is -3.79. The molecule has 2 aromatic carbocycles. The third-order valence-corrected chi connectivity index (χ3v) is 5.75. The highest BCUT2D eigenvalue weighted by molar-refractivity contribution is 6.02. The SMILES string of the molecule is COC(=O)c1cc(C(=O)N(CC(=O)Nc2cccc(C)c2C)C[C@H]2CCCO2)cc([N+](=O)[O-])c1. The van der Waals surface area contributed by atoms with E-state index in [9.17, 15) is 24.5 Å². The average Bonchev–Trinajstić information content (AvgIpc) is 3.33. The Kier molecular flexibility index (Phi) is 7.95.